The lowest BCUT2D eigenvalue weighted by Crippen LogP contribution is -2.31. The molecular formula is C21H16N5+. The van der Waals surface area contributed by atoms with Crippen LogP contribution in [0, 0.1) is 0 Å². The number of rotatable bonds is 1. The minimum absolute atomic E-state index is 0.584. The molecule has 0 unspecified atom stereocenters. The van der Waals surface area contributed by atoms with Crippen LogP contribution in [0.3, 0.4) is 0 Å². The first kappa shape index (κ1) is 11.2. The van der Waals surface area contributed by atoms with E-state index in [4.69, 9.17) is 4.11 Å². The van der Waals surface area contributed by atoms with Gasteiger partial charge in [0.15, 0.2) is 5.52 Å². The Bertz CT molecular complexity index is 1410. The average molecular weight is 341 g/mol. The van der Waals surface area contributed by atoms with Crippen LogP contribution in [0.25, 0.3) is 39.3 Å². The van der Waals surface area contributed by atoms with E-state index in [1.54, 1.807) is 12.4 Å². The van der Waals surface area contributed by atoms with Gasteiger partial charge in [-0.05, 0) is 30.3 Å². The second kappa shape index (κ2) is 4.79. The Hall–Kier alpha value is -3.47. The minimum atomic E-state index is -2.36. The molecule has 0 aliphatic carbocycles. The van der Waals surface area contributed by atoms with Crippen LogP contribution < -0.4 is 4.57 Å². The molecule has 1 aliphatic rings. The van der Waals surface area contributed by atoms with E-state index >= 15 is 0 Å². The predicted octanol–water partition coefficient (Wildman–Crippen LogP) is 3.23. The summed E-state index contributed by atoms with van der Waals surface area (Å²) in [6, 6.07) is 15.6. The number of aryl methyl sites for hydroxylation is 1. The highest BCUT2D eigenvalue weighted by atomic mass is 15.3. The summed E-state index contributed by atoms with van der Waals surface area (Å²) in [7, 11) is 0. The molecule has 1 aliphatic heterocycles. The quantitative estimate of drug-likeness (QED) is 0.431. The molecule has 26 heavy (non-hydrogen) atoms. The highest BCUT2D eigenvalue weighted by molar-refractivity contribution is 6.04. The number of nitrogens with zero attached hydrogens (tertiary/aromatic N) is 5. The molecule has 0 bridgehead atoms. The summed E-state index contributed by atoms with van der Waals surface area (Å²) in [5, 5.41) is 0.927. The molecule has 124 valence electrons. The standard InChI is InChI=1S/C21H16N5/c1-24-20-16-9-11-22-12-14(16)13-25(20)18-17-8-5-10-23-19(17)26(21(18)24)15-6-3-2-4-7-15/h2-12H,13H2,1H3/q+1/i1D3. The fourth-order valence-electron chi connectivity index (χ4n) is 4.07. The van der Waals surface area contributed by atoms with Crippen LogP contribution >= 0.6 is 0 Å². The van der Waals surface area contributed by atoms with Crippen molar-refractivity contribution >= 4 is 22.2 Å². The van der Waals surface area contributed by atoms with Crippen molar-refractivity contribution in [2.24, 2.45) is 6.98 Å². The van der Waals surface area contributed by atoms with Gasteiger partial charge in [-0.25, -0.2) is 18.7 Å². The highest BCUT2D eigenvalue weighted by Crippen LogP contribution is 2.37. The zero-order valence-corrected chi connectivity index (χ0v) is 13.8. The van der Waals surface area contributed by atoms with Crippen LogP contribution in [0.5, 0.6) is 0 Å². The summed E-state index contributed by atoms with van der Waals surface area (Å²) in [4.78, 5) is 8.83. The van der Waals surface area contributed by atoms with Gasteiger partial charge in [0.05, 0.1) is 28.6 Å². The van der Waals surface area contributed by atoms with Gasteiger partial charge in [0.1, 0.15) is 5.69 Å². The molecule has 0 amide bonds. The first-order valence-corrected chi connectivity index (χ1v) is 8.48. The maximum Gasteiger partial charge on any atom is 0.275 e. The van der Waals surface area contributed by atoms with Crippen molar-refractivity contribution in [2.75, 3.05) is 0 Å². The Morgan fingerprint density at radius 2 is 2.00 bits per heavy atom. The highest BCUT2D eigenvalue weighted by Gasteiger charge is 2.35. The van der Waals surface area contributed by atoms with E-state index in [0.717, 1.165) is 33.4 Å². The Morgan fingerprint density at radius 1 is 1.08 bits per heavy atom. The fraction of sp³-hybridized carbons (Fsp3) is 0.0952. The number of imidazole rings is 1. The Labute approximate surface area is 154 Å². The van der Waals surface area contributed by atoms with Gasteiger partial charge < -0.3 is 0 Å². The van der Waals surface area contributed by atoms with Crippen molar-refractivity contribution in [2.45, 2.75) is 6.54 Å². The van der Waals surface area contributed by atoms with Crippen molar-refractivity contribution in [3.63, 3.8) is 0 Å². The van der Waals surface area contributed by atoms with Gasteiger partial charge >= 0.3 is 0 Å². The lowest BCUT2D eigenvalue weighted by molar-refractivity contribution is -0.636. The van der Waals surface area contributed by atoms with Crippen molar-refractivity contribution in [3.8, 4) is 17.1 Å². The summed E-state index contributed by atoms with van der Waals surface area (Å²) in [6.45, 7) is -1.77. The van der Waals surface area contributed by atoms with E-state index in [9.17, 15) is 0 Å². The van der Waals surface area contributed by atoms with Crippen molar-refractivity contribution < 1.29 is 8.68 Å². The molecule has 5 aromatic rings. The molecule has 0 spiro atoms. The number of hydrogen-bond acceptors (Lipinski definition) is 2. The van der Waals surface area contributed by atoms with Gasteiger partial charge in [0, 0.05) is 24.2 Å². The molecule has 5 heteroatoms. The molecule has 5 heterocycles. The van der Waals surface area contributed by atoms with E-state index in [1.807, 2.05) is 59.3 Å². The summed E-state index contributed by atoms with van der Waals surface area (Å²) < 4.78 is 30.5. The van der Waals surface area contributed by atoms with Crippen molar-refractivity contribution in [1.29, 1.82) is 0 Å². The monoisotopic (exact) mass is 341 g/mol. The molecular weight excluding hydrogens is 322 g/mol. The molecule has 0 saturated heterocycles. The van der Waals surface area contributed by atoms with Crippen LogP contribution in [-0.4, -0.2) is 19.1 Å². The van der Waals surface area contributed by atoms with Gasteiger partial charge in [0.2, 0.25) is 11.5 Å². The minimum Gasteiger partial charge on any atom is -0.264 e. The summed E-state index contributed by atoms with van der Waals surface area (Å²) >= 11 is 0. The number of hydrogen-bond donors (Lipinski definition) is 0. The third kappa shape index (κ3) is 1.57. The van der Waals surface area contributed by atoms with Gasteiger partial charge in [0.25, 0.3) is 5.65 Å². The molecule has 0 radical (unpaired) electrons. The third-order valence-corrected chi connectivity index (χ3v) is 5.11. The molecule has 5 nitrogen and oxygen atoms in total. The van der Waals surface area contributed by atoms with Crippen LogP contribution in [0.1, 0.15) is 9.68 Å². The molecule has 4 aromatic heterocycles. The van der Waals surface area contributed by atoms with Crippen molar-refractivity contribution in [3.05, 3.63) is 72.7 Å². The maximum absolute atomic E-state index is 8.35. The smallest absolute Gasteiger partial charge is 0.264 e. The van der Waals surface area contributed by atoms with Crippen molar-refractivity contribution in [1.82, 2.24) is 19.1 Å². The predicted molar refractivity (Wildman–Crippen MR) is 100 cm³/mol. The van der Waals surface area contributed by atoms with Gasteiger partial charge in [-0.3, -0.25) is 4.98 Å². The zero-order valence-electron chi connectivity index (χ0n) is 16.8. The van der Waals surface area contributed by atoms with Gasteiger partial charge in [-0.15, -0.1) is 0 Å². The van der Waals surface area contributed by atoms with E-state index in [-0.39, 0.29) is 0 Å². The number of benzene rings is 1. The second-order valence-corrected chi connectivity index (χ2v) is 6.50. The summed E-state index contributed by atoms with van der Waals surface area (Å²) in [5.74, 6) is 0.683. The normalized spacial score (nSPS) is 14.8. The van der Waals surface area contributed by atoms with E-state index in [2.05, 4.69) is 14.5 Å². The fourth-order valence-corrected chi connectivity index (χ4v) is 4.07. The van der Waals surface area contributed by atoms with Gasteiger partial charge in [-0.2, -0.15) is 0 Å². The number of aromatic nitrogens is 5. The lowest BCUT2D eigenvalue weighted by atomic mass is 10.2. The average Bonchev–Trinajstić information content (AvgIpc) is 3.34. The van der Waals surface area contributed by atoms with E-state index in [0.29, 0.717) is 18.0 Å². The zero-order chi connectivity index (χ0) is 19.8. The third-order valence-electron chi connectivity index (χ3n) is 5.11. The molecule has 0 fully saturated rings. The molecule has 0 atom stereocenters. The van der Waals surface area contributed by atoms with Gasteiger partial charge in [-0.1, -0.05) is 18.2 Å². The molecule has 0 saturated carbocycles. The molecule has 6 rings (SSSR count). The summed E-state index contributed by atoms with van der Waals surface area (Å²) in [6.07, 6.45) is 5.26. The first-order chi connectivity index (χ1) is 14.1. The number of fused-ring (bicyclic) bond motifs is 7. The van der Waals surface area contributed by atoms with Crippen LogP contribution in [0.4, 0.5) is 0 Å². The SMILES string of the molecule is [2H]C([2H])([2H])[n+]1c2n(c3c4cccnc4n(-c4ccccc4)c31)Cc1cnccc1-2. The maximum atomic E-state index is 8.35. The Kier molecular flexibility index (Phi) is 2.06. The first-order valence-electron chi connectivity index (χ1n) is 9.98. The largest absolute Gasteiger partial charge is 0.275 e. The molecule has 1 aromatic carbocycles. The Morgan fingerprint density at radius 3 is 2.88 bits per heavy atom. The van der Waals surface area contributed by atoms with Crippen LogP contribution in [0.2, 0.25) is 0 Å². The van der Waals surface area contributed by atoms with Crippen LogP contribution in [0.15, 0.2) is 67.1 Å². The second-order valence-electron chi connectivity index (χ2n) is 6.50. The number of pyridine rings is 2. The summed E-state index contributed by atoms with van der Waals surface area (Å²) in [5.41, 5.74) is 5.05. The van der Waals surface area contributed by atoms with E-state index < -0.39 is 6.98 Å². The lowest BCUT2D eigenvalue weighted by Gasteiger charge is -2.03. The van der Waals surface area contributed by atoms with Crippen LogP contribution in [-0.2, 0) is 13.5 Å². The number of para-hydroxylation sites is 1. The molecule has 0 N–H and O–H groups in total. The van der Waals surface area contributed by atoms with E-state index in [1.165, 1.54) is 4.57 Å². The topological polar surface area (TPSA) is 39.5 Å². The Balaban J connectivity index is 1.88.